The van der Waals surface area contributed by atoms with Crippen LogP contribution in [0.5, 0.6) is 0 Å². The Labute approximate surface area is 194 Å². The normalized spacial score (nSPS) is 22.6. The lowest BCUT2D eigenvalue weighted by molar-refractivity contribution is 0.113. The van der Waals surface area contributed by atoms with Gasteiger partial charge in [-0.2, -0.15) is 4.31 Å². The zero-order chi connectivity index (χ0) is 22.9. The molecular formula is C27H26N2O3S. The van der Waals surface area contributed by atoms with Crippen molar-refractivity contribution >= 4 is 27.0 Å². The third-order valence-electron chi connectivity index (χ3n) is 6.32. The summed E-state index contributed by atoms with van der Waals surface area (Å²) in [5, 5.41) is 11.8. The first-order valence-corrected chi connectivity index (χ1v) is 12.6. The Hall–Kier alpha value is -3.06. The standard InChI is InChI=1S/C27H26N2O3S/c30-27(22-12-5-2-6-13-22)20-24(19-26(27)21-10-3-1-4-11-21)28-23-14-9-15-25(18-23)33(31,32)29-16-7-8-17-29/h1-6,9-15,18-19,30H,7-8,16-17,20H2. The minimum absolute atomic E-state index is 0.259. The summed E-state index contributed by atoms with van der Waals surface area (Å²) >= 11 is 0. The van der Waals surface area contributed by atoms with Crippen molar-refractivity contribution in [2.75, 3.05) is 13.1 Å². The number of aliphatic hydroxyl groups is 1. The van der Waals surface area contributed by atoms with Gasteiger partial charge in [-0.1, -0.05) is 66.7 Å². The van der Waals surface area contributed by atoms with Crippen LogP contribution in [0.25, 0.3) is 5.57 Å². The highest BCUT2D eigenvalue weighted by molar-refractivity contribution is 7.89. The van der Waals surface area contributed by atoms with Gasteiger partial charge in [0.2, 0.25) is 10.0 Å². The van der Waals surface area contributed by atoms with Gasteiger partial charge >= 0.3 is 0 Å². The molecule has 0 amide bonds. The highest BCUT2D eigenvalue weighted by Gasteiger charge is 2.40. The molecule has 1 N–H and O–H groups in total. The fourth-order valence-corrected chi connectivity index (χ4v) is 6.19. The summed E-state index contributed by atoms with van der Waals surface area (Å²) in [7, 11) is -3.52. The Morgan fingerprint density at radius 2 is 1.52 bits per heavy atom. The van der Waals surface area contributed by atoms with Gasteiger partial charge in [-0.3, -0.25) is 4.99 Å². The van der Waals surface area contributed by atoms with Crippen LogP contribution in [0.3, 0.4) is 0 Å². The van der Waals surface area contributed by atoms with Crippen molar-refractivity contribution < 1.29 is 13.5 Å². The number of benzene rings is 3. The number of aliphatic imine (C=N–C) groups is 1. The molecule has 0 bridgehead atoms. The van der Waals surface area contributed by atoms with Gasteiger partial charge in [0, 0.05) is 25.2 Å². The topological polar surface area (TPSA) is 70.0 Å². The summed E-state index contributed by atoms with van der Waals surface area (Å²) in [6, 6.07) is 26.2. The predicted molar refractivity (Wildman–Crippen MR) is 131 cm³/mol. The van der Waals surface area contributed by atoms with Crippen LogP contribution in [0.15, 0.2) is 101 Å². The van der Waals surface area contributed by atoms with Crippen LogP contribution >= 0.6 is 0 Å². The molecule has 1 aliphatic carbocycles. The Morgan fingerprint density at radius 1 is 0.848 bits per heavy atom. The van der Waals surface area contributed by atoms with Crippen LogP contribution < -0.4 is 0 Å². The zero-order valence-corrected chi connectivity index (χ0v) is 19.1. The molecule has 1 fully saturated rings. The molecule has 33 heavy (non-hydrogen) atoms. The maximum absolute atomic E-state index is 13.0. The molecule has 3 aromatic rings. The lowest BCUT2D eigenvalue weighted by Gasteiger charge is -2.27. The number of hydrogen-bond donors (Lipinski definition) is 1. The van der Waals surface area contributed by atoms with E-state index in [0.29, 0.717) is 30.9 Å². The number of hydrogen-bond acceptors (Lipinski definition) is 4. The minimum Gasteiger partial charge on any atom is -0.380 e. The molecule has 3 aromatic carbocycles. The van der Waals surface area contributed by atoms with E-state index in [4.69, 9.17) is 4.99 Å². The first kappa shape index (κ1) is 21.8. The van der Waals surface area contributed by atoms with Crippen LogP contribution in [0.1, 0.15) is 30.4 Å². The Bertz CT molecular complexity index is 1310. The van der Waals surface area contributed by atoms with Crippen LogP contribution in [0.2, 0.25) is 0 Å². The zero-order valence-electron chi connectivity index (χ0n) is 18.3. The van der Waals surface area contributed by atoms with Gasteiger partial charge in [0.15, 0.2) is 0 Å². The summed E-state index contributed by atoms with van der Waals surface area (Å²) < 4.78 is 27.5. The average Bonchev–Trinajstić information content (AvgIpc) is 3.50. The summed E-state index contributed by atoms with van der Waals surface area (Å²) in [6.45, 7) is 1.13. The molecule has 1 saturated heterocycles. The second kappa shape index (κ2) is 8.71. The van der Waals surface area contributed by atoms with Gasteiger partial charge in [0.1, 0.15) is 5.60 Å². The van der Waals surface area contributed by atoms with Gasteiger partial charge in [0.25, 0.3) is 0 Å². The molecule has 5 nitrogen and oxygen atoms in total. The molecule has 0 aromatic heterocycles. The molecule has 168 valence electrons. The molecule has 1 aliphatic heterocycles. The van der Waals surface area contributed by atoms with E-state index < -0.39 is 15.6 Å². The van der Waals surface area contributed by atoms with E-state index in [9.17, 15) is 13.5 Å². The van der Waals surface area contributed by atoms with Crippen LogP contribution in [0, 0.1) is 0 Å². The van der Waals surface area contributed by atoms with E-state index in [-0.39, 0.29) is 4.90 Å². The molecule has 5 rings (SSSR count). The molecule has 0 saturated carbocycles. The first-order valence-electron chi connectivity index (χ1n) is 11.2. The number of allylic oxidation sites excluding steroid dienone is 1. The van der Waals surface area contributed by atoms with Gasteiger partial charge in [-0.05, 0) is 53.8 Å². The lowest BCUT2D eigenvalue weighted by Crippen LogP contribution is -2.27. The van der Waals surface area contributed by atoms with Gasteiger partial charge in [0.05, 0.1) is 10.6 Å². The summed E-state index contributed by atoms with van der Waals surface area (Å²) in [4.78, 5) is 5.01. The molecule has 2 aliphatic rings. The number of nitrogens with zero attached hydrogens (tertiary/aromatic N) is 2. The van der Waals surface area contributed by atoms with Crippen LogP contribution in [0.4, 0.5) is 5.69 Å². The quantitative estimate of drug-likeness (QED) is 0.590. The third-order valence-corrected chi connectivity index (χ3v) is 8.22. The molecule has 1 unspecified atom stereocenters. The van der Waals surface area contributed by atoms with E-state index in [1.165, 1.54) is 4.31 Å². The monoisotopic (exact) mass is 458 g/mol. The largest absolute Gasteiger partial charge is 0.380 e. The highest BCUT2D eigenvalue weighted by Crippen LogP contribution is 2.44. The first-order chi connectivity index (χ1) is 16.0. The van der Waals surface area contributed by atoms with Crippen molar-refractivity contribution in [2.45, 2.75) is 29.8 Å². The molecule has 1 heterocycles. The van der Waals surface area contributed by atoms with E-state index in [1.807, 2.05) is 66.7 Å². The van der Waals surface area contributed by atoms with E-state index >= 15 is 0 Å². The fourth-order valence-electron chi connectivity index (χ4n) is 4.63. The smallest absolute Gasteiger partial charge is 0.243 e. The van der Waals surface area contributed by atoms with E-state index in [0.717, 1.165) is 29.5 Å². The lowest BCUT2D eigenvalue weighted by atomic mass is 9.84. The molecule has 1 atom stereocenters. The second-order valence-corrected chi connectivity index (χ2v) is 10.5. The van der Waals surface area contributed by atoms with Crippen LogP contribution in [-0.2, 0) is 15.6 Å². The molecule has 0 radical (unpaired) electrons. The summed E-state index contributed by atoms with van der Waals surface area (Å²) in [5.41, 5.74) is 2.58. The Kier molecular flexibility index (Phi) is 5.74. The minimum atomic E-state index is -3.52. The summed E-state index contributed by atoms with van der Waals surface area (Å²) in [6.07, 6.45) is 4.02. The second-order valence-electron chi connectivity index (χ2n) is 8.54. The Morgan fingerprint density at radius 3 is 2.21 bits per heavy atom. The highest BCUT2D eigenvalue weighted by atomic mass is 32.2. The SMILES string of the molecule is O=S(=O)(c1cccc(N=C2C=C(c3ccccc3)C(O)(c3ccccc3)C2)c1)N1CCCC1. The molecular weight excluding hydrogens is 432 g/mol. The number of rotatable bonds is 5. The maximum Gasteiger partial charge on any atom is 0.243 e. The maximum atomic E-state index is 13.0. The van der Waals surface area contributed by atoms with E-state index in [2.05, 4.69) is 0 Å². The van der Waals surface area contributed by atoms with E-state index in [1.54, 1.807) is 24.3 Å². The average molecular weight is 459 g/mol. The van der Waals surface area contributed by atoms with Crippen molar-refractivity contribution in [2.24, 2.45) is 4.99 Å². The van der Waals surface area contributed by atoms with Crippen molar-refractivity contribution in [3.05, 3.63) is 102 Å². The Balaban J connectivity index is 1.54. The van der Waals surface area contributed by atoms with Crippen molar-refractivity contribution in [3.8, 4) is 0 Å². The van der Waals surface area contributed by atoms with Gasteiger partial charge in [-0.15, -0.1) is 0 Å². The van der Waals surface area contributed by atoms with Crippen molar-refractivity contribution in [1.29, 1.82) is 0 Å². The van der Waals surface area contributed by atoms with Crippen LogP contribution in [-0.4, -0.2) is 36.6 Å². The third kappa shape index (κ3) is 4.17. The van der Waals surface area contributed by atoms with Gasteiger partial charge < -0.3 is 5.11 Å². The fraction of sp³-hybridized carbons (Fsp3) is 0.222. The molecule has 6 heteroatoms. The predicted octanol–water partition coefficient (Wildman–Crippen LogP) is 4.92. The molecule has 0 spiro atoms. The summed E-state index contributed by atoms with van der Waals surface area (Å²) in [5.74, 6) is 0. The van der Waals surface area contributed by atoms with Crippen molar-refractivity contribution in [1.82, 2.24) is 4.31 Å². The van der Waals surface area contributed by atoms with Crippen molar-refractivity contribution in [3.63, 3.8) is 0 Å². The van der Waals surface area contributed by atoms with Gasteiger partial charge in [-0.25, -0.2) is 8.42 Å². The number of sulfonamides is 1.